The van der Waals surface area contributed by atoms with Crippen LogP contribution in [0.15, 0.2) is 34.3 Å². The van der Waals surface area contributed by atoms with Crippen molar-refractivity contribution in [3.05, 3.63) is 29.5 Å². The van der Waals surface area contributed by atoms with Crippen molar-refractivity contribution in [1.82, 2.24) is 4.90 Å². The van der Waals surface area contributed by atoms with Crippen LogP contribution in [0, 0.1) is 5.41 Å². The molecule has 2 amide bonds. The maximum absolute atomic E-state index is 13.7. The number of amides is 2. The topological polar surface area (TPSA) is 153 Å². The molecule has 1 aromatic carbocycles. The lowest BCUT2D eigenvalue weighted by Gasteiger charge is -2.35. The fourth-order valence-electron chi connectivity index (χ4n) is 4.11. The van der Waals surface area contributed by atoms with Gasteiger partial charge in [0.05, 0.1) is 23.1 Å². The van der Waals surface area contributed by atoms with E-state index in [2.05, 4.69) is 10.1 Å². The zero-order valence-corrected chi connectivity index (χ0v) is 21.7. The van der Waals surface area contributed by atoms with Crippen LogP contribution >= 0.6 is 7.52 Å². The van der Waals surface area contributed by atoms with E-state index in [1.807, 2.05) is 27.7 Å². The van der Waals surface area contributed by atoms with Crippen LogP contribution in [0.4, 0.5) is 5.69 Å². The van der Waals surface area contributed by atoms with E-state index >= 15 is 0 Å². The van der Waals surface area contributed by atoms with Crippen molar-refractivity contribution < 1.29 is 33.3 Å². The molecule has 0 bridgehead atoms. The van der Waals surface area contributed by atoms with Gasteiger partial charge in [0.25, 0.3) is 11.8 Å². The SMILES string of the molecule is COC(C)CCN1C(=O)C(C2=NP(=O)(OC)c3cc(OCC(N)=O)ccc3N2)=C(O)C1C(C)(C)C. The van der Waals surface area contributed by atoms with E-state index in [0.717, 1.165) is 0 Å². The summed E-state index contributed by atoms with van der Waals surface area (Å²) >= 11 is 0. The van der Waals surface area contributed by atoms with Gasteiger partial charge in [0, 0.05) is 20.8 Å². The number of ether oxygens (including phenoxy) is 2. The Balaban J connectivity index is 2.02. The van der Waals surface area contributed by atoms with Gasteiger partial charge in [0.2, 0.25) is 0 Å². The highest BCUT2D eigenvalue weighted by Crippen LogP contribution is 2.52. The minimum Gasteiger partial charge on any atom is -0.509 e. The predicted octanol–water partition coefficient (Wildman–Crippen LogP) is 2.33. The number of hydrogen-bond donors (Lipinski definition) is 3. The highest BCUT2D eigenvalue weighted by atomic mass is 31.2. The summed E-state index contributed by atoms with van der Waals surface area (Å²) in [6, 6.07) is 3.96. The van der Waals surface area contributed by atoms with Gasteiger partial charge in [-0.05, 0) is 37.0 Å². The number of hydrogen-bond acceptors (Lipinski definition) is 8. The number of nitrogens with one attached hydrogen (secondary N) is 1. The summed E-state index contributed by atoms with van der Waals surface area (Å²) in [5.41, 5.74) is 4.96. The molecule has 11 nitrogen and oxygen atoms in total. The molecule has 2 aliphatic rings. The fraction of sp³-hybridized carbons (Fsp3) is 0.522. The Hall–Kier alpha value is -2.88. The van der Waals surface area contributed by atoms with Crippen molar-refractivity contribution in [2.24, 2.45) is 15.9 Å². The number of benzene rings is 1. The summed E-state index contributed by atoms with van der Waals surface area (Å²) in [6.45, 7) is 7.69. The summed E-state index contributed by atoms with van der Waals surface area (Å²) in [5.74, 6) is -1.01. The Bertz CT molecular complexity index is 1130. The van der Waals surface area contributed by atoms with Crippen molar-refractivity contribution in [2.75, 3.05) is 32.7 Å². The van der Waals surface area contributed by atoms with Crippen LogP contribution in [0.5, 0.6) is 5.75 Å². The molecule has 192 valence electrons. The first-order chi connectivity index (χ1) is 16.3. The zero-order chi connectivity index (χ0) is 26.1. The first-order valence-corrected chi connectivity index (χ1v) is 12.8. The minimum atomic E-state index is -3.84. The monoisotopic (exact) mass is 508 g/mol. The molecule has 0 spiro atoms. The van der Waals surface area contributed by atoms with Crippen molar-refractivity contribution >= 4 is 36.2 Å². The quantitative estimate of drug-likeness (QED) is 0.430. The van der Waals surface area contributed by atoms with E-state index < -0.39 is 30.8 Å². The Morgan fingerprint density at radius 2 is 2.03 bits per heavy atom. The number of primary amides is 1. The van der Waals surface area contributed by atoms with E-state index in [1.165, 1.54) is 13.2 Å². The largest absolute Gasteiger partial charge is 0.509 e. The maximum atomic E-state index is 13.7. The van der Waals surface area contributed by atoms with E-state index in [9.17, 15) is 19.3 Å². The molecule has 4 N–H and O–H groups in total. The number of nitrogens with zero attached hydrogens (tertiary/aromatic N) is 2. The Kier molecular flexibility index (Phi) is 7.64. The van der Waals surface area contributed by atoms with Crippen LogP contribution < -0.4 is 21.1 Å². The molecule has 3 atom stereocenters. The van der Waals surface area contributed by atoms with Crippen LogP contribution in [-0.4, -0.2) is 67.2 Å². The van der Waals surface area contributed by atoms with Crippen LogP contribution in [-0.2, 0) is 23.4 Å². The van der Waals surface area contributed by atoms with Crippen LogP contribution in [0.3, 0.4) is 0 Å². The van der Waals surface area contributed by atoms with Gasteiger partial charge >= 0.3 is 7.52 Å². The third kappa shape index (κ3) is 5.37. The number of aliphatic hydroxyl groups is 1. The second-order valence-electron chi connectivity index (χ2n) is 9.57. The van der Waals surface area contributed by atoms with Crippen molar-refractivity contribution in [3.8, 4) is 5.75 Å². The van der Waals surface area contributed by atoms with E-state index in [0.29, 0.717) is 18.7 Å². The number of carbonyl (C=O) groups is 2. The summed E-state index contributed by atoms with van der Waals surface area (Å²) in [7, 11) is -0.997. The molecule has 0 aliphatic carbocycles. The highest BCUT2D eigenvalue weighted by Gasteiger charge is 2.48. The first kappa shape index (κ1) is 26.7. The average Bonchev–Trinajstić information content (AvgIpc) is 3.05. The third-order valence-electron chi connectivity index (χ3n) is 5.92. The van der Waals surface area contributed by atoms with Gasteiger partial charge in [-0.1, -0.05) is 20.8 Å². The summed E-state index contributed by atoms with van der Waals surface area (Å²) < 4.78 is 33.8. The lowest BCUT2D eigenvalue weighted by molar-refractivity contribution is -0.128. The Morgan fingerprint density at radius 3 is 2.60 bits per heavy atom. The number of carbonyl (C=O) groups excluding carboxylic acids is 2. The smallest absolute Gasteiger partial charge is 0.348 e. The van der Waals surface area contributed by atoms with Crippen molar-refractivity contribution in [3.63, 3.8) is 0 Å². The van der Waals surface area contributed by atoms with Gasteiger partial charge in [-0.25, -0.2) is 0 Å². The maximum Gasteiger partial charge on any atom is 0.348 e. The van der Waals surface area contributed by atoms with Gasteiger partial charge in [-0.15, -0.1) is 0 Å². The van der Waals surface area contributed by atoms with Gasteiger partial charge in [-0.2, -0.15) is 4.76 Å². The molecule has 35 heavy (non-hydrogen) atoms. The molecule has 0 radical (unpaired) electrons. The number of fused-ring (bicyclic) bond motifs is 1. The lowest BCUT2D eigenvalue weighted by Crippen LogP contribution is -2.45. The lowest BCUT2D eigenvalue weighted by atomic mass is 9.85. The second kappa shape index (κ2) is 10.0. The van der Waals surface area contributed by atoms with Crippen LogP contribution in [0.1, 0.15) is 34.1 Å². The standard InChI is InChI=1S/C23H33N4O7P/c1-13(32-5)9-10-27-20(23(2,3)4)19(29)18(22(27)30)21-25-15-8-7-14(34-12-17(24)28)11-16(15)35(31,26-21)33-6/h7-8,11,13,20,29H,9-10,12H2,1-6H3,(H2,24,28)(H,25,26,31). The summed E-state index contributed by atoms with van der Waals surface area (Å²) in [5, 5.41) is 14.4. The van der Waals surface area contributed by atoms with Crippen molar-refractivity contribution in [2.45, 2.75) is 46.3 Å². The number of rotatable bonds is 9. The zero-order valence-electron chi connectivity index (χ0n) is 20.8. The Morgan fingerprint density at radius 1 is 1.34 bits per heavy atom. The van der Waals surface area contributed by atoms with E-state index in [-0.39, 0.29) is 40.9 Å². The van der Waals surface area contributed by atoms with Gasteiger partial charge in [0.15, 0.2) is 12.4 Å². The first-order valence-electron chi connectivity index (χ1n) is 11.2. The fourth-order valence-corrected chi connectivity index (χ4v) is 5.63. The Labute approximate surface area is 204 Å². The average molecular weight is 509 g/mol. The van der Waals surface area contributed by atoms with Gasteiger partial charge < -0.3 is 35.1 Å². The number of aliphatic hydroxyl groups excluding tert-OH is 1. The molecule has 3 unspecified atom stereocenters. The number of amidine groups is 1. The second-order valence-corrected chi connectivity index (χ2v) is 11.7. The van der Waals surface area contributed by atoms with Gasteiger partial charge in [-0.3, -0.25) is 14.2 Å². The highest BCUT2D eigenvalue weighted by molar-refractivity contribution is 7.66. The molecule has 0 fully saturated rings. The molecule has 2 heterocycles. The molecular formula is C23H33N4O7P. The summed E-state index contributed by atoms with van der Waals surface area (Å²) in [6.07, 6.45) is 0.495. The molecular weight excluding hydrogens is 475 g/mol. The van der Waals surface area contributed by atoms with Crippen LogP contribution in [0.2, 0.25) is 0 Å². The number of anilines is 1. The molecule has 0 aromatic heterocycles. The number of nitrogens with two attached hydrogens (primary N) is 1. The molecule has 1 aromatic rings. The molecule has 0 saturated heterocycles. The van der Waals surface area contributed by atoms with Crippen LogP contribution in [0.25, 0.3) is 0 Å². The normalized spacial score (nSPS) is 23.0. The van der Waals surface area contributed by atoms with Gasteiger partial charge in [0.1, 0.15) is 17.1 Å². The molecule has 12 heteroatoms. The van der Waals surface area contributed by atoms with Crippen molar-refractivity contribution in [1.29, 1.82) is 0 Å². The minimum absolute atomic E-state index is 0.0347. The van der Waals surface area contributed by atoms with E-state index in [1.54, 1.807) is 24.1 Å². The summed E-state index contributed by atoms with van der Waals surface area (Å²) in [4.78, 5) is 26.2. The predicted molar refractivity (Wildman–Crippen MR) is 132 cm³/mol. The molecule has 0 saturated carbocycles. The van der Waals surface area contributed by atoms with E-state index in [4.69, 9.17) is 19.7 Å². The number of methoxy groups -OCH3 is 1. The molecule has 3 rings (SSSR count). The molecule has 2 aliphatic heterocycles. The third-order valence-corrected chi connectivity index (χ3v) is 7.86.